The number of benzene rings is 1. The lowest BCUT2D eigenvalue weighted by Crippen LogP contribution is -2.30. The molecule has 0 saturated carbocycles. The van der Waals surface area contributed by atoms with Crippen molar-refractivity contribution in [3.8, 4) is 0 Å². The number of hydrogen-bond acceptors (Lipinski definition) is 4. The van der Waals surface area contributed by atoms with Gasteiger partial charge >= 0.3 is 0 Å². The van der Waals surface area contributed by atoms with E-state index in [0.717, 1.165) is 19.4 Å². The van der Waals surface area contributed by atoms with Crippen LogP contribution in [0.15, 0.2) is 58.6 Å². The Balaban J connectivity index is 1.52. The van der Waals surface area contributed by atoms with Gasteiger partial charge in [-0.1, -0.05) is 12.1 Å². The monoisotopic (exact) mass is 382 g/mol. The second-order valence-corrected chi connectivity index (χ2v) is 7.95. The van der Waals surface area contributed by atoms with Crippen LogP contribution in [0.5, 0.6) is 0 Å². The number of nitrogens with zero attached hydrogens (tertiary/aromatic N) is 1. The van der Waals surface area contributed by atoms with E-state index in [2.05, 4.69) is 22.1 Å². The Morgan fingerprint density at radius 3 is 2.81 bits per heavy atom. The van der Waals surface area contributed by atoms with Crippen LogP contribution in [0.3, 0.4) is 0 Å². The summed E-state index contributed by atoms with van der Waals surface area (Å²) in [6, 6.07) is 13.1. The van der Waals surface area contributed by atoms with Crippen LogP contribution in [0.2, 0.25) is 0 Å². The SMILES string of the molecule is O=C(Nc1cccc(C(=O)N2CCC[C@H]2c2ccsc2)c1)c1cccs1. The van der Waals surface area contributed by atoms with E-state index in [1.165, 1.54) is 16.9 Å². The van der Waals surface area contributed by atoms with Crippen LogP contribution in [0.25, 0.3) is 0 Å². The maximum absolute atomic E-state index is 13.0. The Kier molecular flexibility index (Phi) is 4.86. The van der Waals surface area contributed by atoms with Crippen molar-refractivity contribution < 1.29 is 9.59 Å². The van der Waals surface area contributed by atoms with Crippen molar-refractivity contribution in [2.45, 2.75) is 18.9 Å². The minimum atomic E-state index is -0.151. The smallest absolute Gasteiger partial charge is 0.265 e. The first-order valence-corrected chi connectivity index (χ1v) is 10.3. The molecule has 1 fully saturated rings. The van der Waals surface area contributed by atoms with Crippen LogP contribution < -0.4 is 5.32 Å². The zero-order chi connectivity index (χ0) is 17.9. The first kappa shape index (κ1) is 17.0. The number of rotatable bonds is 4. The van der Waals surface area contributed by atoms with Crippen molar-refractivity contribution in [1.82, 2.24) is 4.90 Å². The van der Waals surface area contributed by atoms with Gasteiger partial charge in [-0.2, -0.15) is 11.3 Å². The Hall–Kier alpha value is -2.44. The summed E-state index contributed by atoms with van der Waals surface area (Å²) in [5.41, 5.74) is 2.46. The molecule has 0 bridgehead atoms. The molecule has 2 amide bonds. The van der Waals surface area contributed by atoms with Gasteiger partial charge in [0, 0.05) is 17.8 Å². The molecule has 26 heavy (non-hydrogen) atoms. The van der Waals surface area contributed by atoms with Crippen LogP contribution >= 0.6 is 22.7 Å². The number of thiophene rings is 2. The Bertz CT molecular complexity index is 904. The van der Waals surface area contributed by atoms with Crippen molar-refractivity contribution in [2.75, 3.05) is 11.9 Å². The number of nitrogens with one attached hydrogen (secondary N) is 1. The molecule has 6 heteroatoms. The van der Waals surface area contributed by atoms with Crippen LogP contribution in [-0.2, 0) is 0 Å². The van der Waals surface area contributed by atoms with Gasteiger partial charge in [-0.15, -0.1) is 11.3 Å². The van der Waals surface area contributed by atoms with E-state index >= 15 is 0 Å². The molecule has 1 atom stereocenters. The molecule has 0 radical (unpaired) electrons. The van der Waals surface area contributed by atoms with Crippen molar-refractivity contribution in [3.05, 3.63) is 74.6 Å². The third-order valence-electron chi connectivity index (χ3n) is 4.55. The van der Waals surface area contributed by atoms with Gasteiger partial charge in [0.1, 0.15) is 0 Å². The fourth-order valence-electron chi connectivity index (χ4n) is 3.32. The van der Waals surface area contributed by atoms with Gasteiger partial charge in [0.05, 0.1) is 10.9 Å². The average molecular weight is 383 g/mol. The predicted octanol–water partition coefficient (Wildman–Crippen LogP) is 5.04. The van der Waals surface area contributed by atoms with Crippen LogP contribution in [-0.4, -0.2) is 23.3 Å². The molecule has 3 heterocycles. The minimum Gasteiger partial charge on any atom is -0.332 e. The van der Waals surface area contributed by atoms with Gasteiger partial charge in [0.25, 0.3) is 11.8 Å². The third kappa shape index (κ3) is 3.43. The Morgan fingerprint density at radius 2 is 2.04 bits per heavy atom. The van der Waals surface area contributed by atoms with Crippen LogP contribution in [0, 0.1) is 0 Å². The molecule has 0 unspecified atom stereocenters. The molecule has 132 valence electrons. The van der Waals surface area contributed by atoms with Gasteiger partial charge in [0.2, 0.25) is 0 Å². The van der Waals surface area contributed by atoms with Crippen molar-refractivity contribution >= 4 is 40.2 Å². The summed E-state index contributed by atoms with van der Waals surface area (Å²) in [5.74, 6) is -0.132. The highest BCUT2D eigenvalue weighted by molar-refractivity contribution is 7.12. The second kappa shape index (κ2) is 7.43. The van der Waals surface area contributed by atoms with Gasteiger partial charge in [-0.3, -0.25) is 9.59 Å². The zero-order valence-corrected chi connectivity index (χ0v) is 15.7. The minimum absolute atomic E-state index is 0.0194. The van der Waals surface area contributed by atoms with Crippen LogP contribution in [0.1, 0.15) is 44.5 Å². The number of hydrogen-bond donors (Lipinski definition) is 1. The van der Waals surface area contributed by atoms with E-state index in [-0.39, 0.29) is 17.9 Å². The Labute approximate surface area is 160 Å². The molecule has 2 aromatic heterocycles. The van der Waals surface area contributed by atoms with E-state index in [1.807, 2.05) is 34.5 Å². The van der Waals surface area contributed by atoms with Gasteiger partial charge < -0.3 is 10.2 Å². The average Bonchev–Trinajstić information content (AvgIpc) is 3.43. The van der Waals surface area contributed by atoms with E-state index in [1.54, 1.807) is 23.5 Å². The maximum Gasteiger partial charge on any atom is 0.265 e. The highest BCUT2D eigenvalue weighted by atomic mass is 32.1. The van der Waals surface area contributed by atoms with Crippen LogP contribution in [0.4, 0.5) is 5.69 Å². The molecular formula is C20H18N2O2S2. The van der Waals surface area contributed by atoms with E-state index in [4.69, 9.17) is 0 Å². The summed E-state index contributed by atoms with van der Waals surface area (Å²) >= 11 is 3.05. The van der Waals surface area contributed by atoms with Gasteiger partial charge in [-0.25, -0.2) is 0 Å². The first-order chi connectivity index (χ1) is 12.7. The quantitative estimate of drug-likeness (QED) is 0.687. The lowest BCUT2D eigenvalue weighted by molar-refractivity contribution is 0.0735. The molecule has 1 N–H and O–H groups in total. The highest BCUT2D eigenvalue weighted by Crippen LogP contribution is 2.34. The number of likely N-dealkylation sites (tertiary alicyclic amines) is 1. The molecular weight excluding hydrogens is 364 g/mol. The van der Waals surface area contributed by atoms with E-state index < -0.39 is 0 Å². The van der Waals surface area contributed by atoms with Gasteiger partial charge in [-0.05, 0) is 64.9 Å². The number of carbonyl (C=O) groups is 2. The van der Waals surface area contributed by atoms with Crippen molar-refractivity contribution in [2.24, 2.45) is 0 Å². The summed E-state index contributed by atoms with van der Waals surface area (Å²) in [7, 11) is 0. The third-order valence-corrected chi connectivity index (χ3v) is 6.12. The molecule has 0 spiro atoms. The fourth-order valence-corrected chi connectivity index (χ4v) is 4.64. The molecule has 1 aliphatic heterocycles. The fraction of sp³-hybridized carbons (Fsp3) is 0.200. The Morgan fingerprint density at radius 1 is 1.12 bits per heavy atom. The largest absolute Gasteiger partial charge is 0.332 e. The molecule has 1 saturated heterocycles. The van der Waals surface area contributed by atoms with Crippen molar-refractivity contribution in [3.63, 3.8) is 0 Å². The zero-order valence-electron chi connectivity index (χ0n) is 14.1. The lowest BCUT2D eigenvalue weighted by atomic mass is 10.1. The first-order valence-electron chi connectivity index (χ1n) is 8.50. The molecule has 1 aromatic carbocycles. The summed E-state index contributed by atoms with van der Waals surface area (Å²) in [5, 5.41) is 8.91. The molecule has 4 nitrogen and oxygen atoms in total. The number of carbonyl (C=O) groups excluding carboxylic acids is 2. The molecule has 0 aliphatic carbocycles. The molecule has 3 aromatic rings. The summed E-state index contributed by atoms with van der Waals surface area (Å²) in [6.45, 7) is 0.769. The standard InChI is InChI=1S/C20H18N2O2S2/c23-19(18-7-3-10-26-18)21-16-5-1-4-14(12-16)20(24)22-9-2-6-17(22)15-8-11-25-13-15/h1,3-5,7-8,10-13,17H,2,6,9H2,(H,21,23)/t17-/m0/s1. The normalized spacial score (nSPS) is 16.6. The lowest BCUT2D eigenvalue weighted by Gasteiger charge is -2.24. The highest BCUT2D eigenvalue weighted by Gasteiger charge is 2.30. The summed E-state index contributed by atoms with van der Waals surface area (Å²) in [4.78, 5) is 27.9. The summed E-state index contributed by atoms with van der Waals surface area (Å²) in [6.07, 6.45) is 2.01. The molecule has 1 aliphatic rings. The number of amides is 2. The second-order valence-electron chi connectivity index (χ2n) is 6.23. The van der Waals surface area contributed by atoms with E-state index in [9.17, 15) is 9.59 Å². The molecule has 4 rings (SSSR count). The topological polar surface area (TPSA) is 49.4 Å². The predicted molar refractivity (Wildman–Crippen MR) is 106 cm³/mol. The maximum atomic E-state index is 13.0. The van der Waals surface area contributed by atoms with E-state index in [0.29, 0.717) is 16.1 Å². The van der Waals surface area contributed by atoms with Gasteiger partial charge in [0.15, 0.2) is 0 Å². The number of anilines is 1. The van der Waals surface area contributed by atoms with Crippen molar-refractivity contribution in [1.29, 1.82) is 0 Å². The summed E-state index contributed by atoms with van der Waals surface area (Å²) < 4.78 is 0.